The molecule has 2 atom stereocenters. The number of carboxylic acids is 1. The van der Waals surface area contributed by atoms with E-state index in [1.807, 2.05) is 18.7 Å². The molecule has 1 N–H and O–H groups in total. The van der Waals surface area contributed by atoms with E-state index in [0.717, 1.165) is 36.6 Å². The molecule has 1 fully saturated rings. The van der Waals surface area contributed by atoms with Gasteiger partial charge in [0.05, 0.1) is 5.69 Å². The molecule has 0 spiro atoms. The van der Waals surface area contributed by atoms with Crippen molar-refractivity contribution in [3.05, 3.63) is 10.6 Å². The monoisotopic (exact) mass is 268 g/mol. The van der Waals surface area contributed by atoms with E-state index >= 15 is 0 Å². The van der Waals surface area contributed by atoms with Crippen molar-refractivity contribution in [2.24, 2.45) is 5.92 Å². The Morgan fingerprint density at radius 2 is 2.28 bits per heavy atom. The molecule has 18 heavy (non-hydrogen) atoms. The van der Waals surface area contributed by atoms with Crippen molar-refractivity contribution in [3.8, 4) is 0 Å². The highest BCUT2D eigenvalue weighted by atomic mass is 32.1. The van der Waals surface area contributed by atoms with E-state index in [0.29, 0.717) is 5.92 Å². The van der Waals surface area contributed by atoms with Crippen LogP contribution in [0.15, 0.2) is 0 Å². The SMILES string of the molecule is CCC1CCN(c2nc(C)c(C)s2)C(C(=O)O)C1. The number of piperidine rings is 1. The van der Waals surface area contributed by atoms with Gasteiger partial charge in [0.2, 0.25) is 0 Å². The van der Waals surface area contributed by atoms with Gasteiger partial charge in [-0.2, -0.15) is 0 Å². The van der Waals surface area contributed by atoms with E-state index < -0.39 is 12.0 Å². The first-order valence-electron chi connectivity index (χ1n) is 6.46. The van der Waals surface area contributed by atoms with Gasteiger partial charge in [-0.15, -0.1) is 11.3 Å². The van der Waals surface area contributed by atoms with E-state index in [2.05, 4.69) is 11.9 Å². The Morgan fingerprint density at radius 1 is 1.56 bits per heavy atom. The summed E-state index contributed by atoms with van der Waals surface area (Å²) in [5, 5.41) is 10.3. The summed E-state index contributed by atoms with van der Waals surface area (Å²) in [6, 6.07) is -0.409. The lowest BCUT2D eigenvalue weighted by Crippen LogP contribution is -2.47. The fourth-order valence-electron chi connectivity index (χ4n) is 2.45. The first-order chi connectivity index (χ1) is 8.52. The molecule has 1 aromatic rings. The third-order valence-corrected chi connectivity index (χ3v) is 4.95. The topological polar surface area (TPSA) is 53.4 Å². The van der Waals surface area contributed by atoms with Gasteiger partial charge < -0.3 is 10.0 Å². The molecular formula is C13H20N2O2S. The van der Waals surface area contributed by atoms with Crippen molar-refractivity contribution < 1.29 is 9.90 Å². The van der Waals surface area contributed by atoms with E-state index in [1.165, 1.54) is 4.88 Å². The number of rotatable bonds is 3. The molecule has 1 aromatic heterocycles. The van der Waals surface area contributed by atoms with Gasteiger partial charge in [-0.25, -0.2) is 9.78 Å². The van der Waals surface area contributed by atoms with Crippen LogP contribution >= 0.6 is 11.3 Å². The summed E-state index contributed by atoms with van der Waals surface area (Å²) < 4.78 is 0. The molecule has 2 unspecified atom stereocenters. The molecule has 100 valence electrons. The number of aromatic nitrogens is 1. The highest BCUT2D eigenvalue weighted by Crippen LogP contribution is 2.33. The third kappa shape index (κ3) is 2.51. The van der Waals surface area contributed by atoms with Gasteiger partial charge >= 0.3 is 5.97 Å². The molecule has 0 aliphatic carbocycles. The molecule has 0 radical (unpaired) electrons. The molecule has 2 heterocycles. The Kier molecular flexibility index (Phi) is 3.90. The summed E-state index contributed by atoms with van der Waals surface area (Å²) in [6.45, 7) is 6.95. The number of carbonyl (C=O) groups is 1. The largest absolute Gasteiger partial charge is 0.480 e. The molecule has 0 amide bonds. The minimum absolute atomic E-state index is 0.409. The Bertz CT molecular complexity index is 425. The maximum Gasteiger partial charge on any atom is 0.326 e. The van der Waals surface area contributed by atoms with Gasteiger partial charge in [-0.3, -0.25) is 0 Å². The zero-order valence-corrected chi connectivity index (χ0v) is 12.0. The van der Waals surface area contributed by atoms with Crippen LogP contribution in [0, 0.1) is 19.8 Å². The lowest BCUT2D eigenvalue weighted by Gasteiger charge is -2.36. The molecule has 1 saturated heterocycles. The smallest absolute Gasteiger partial charge is 0.326 e. The van der Waals surface area contributed by atoms with Gasteiger partial charge in [0.25, 0.3) is 0 Å². The highest BCUT2D eigenvalue weighted by Gasteiger charge is 2.34. The van der Waals surface area contributed by atoms with Crippen molar-refractivity contribution >= 4 is 22.4 Å². The summed E-state index contributed by atoms with van der Waals surface area (Å²) in [5.74, 6) is -0.192. The average Bonchev–Trinajstić information content (AvgIpc) is 2.68. The fourth-order valence-corrected chi connectivity index (χ4v) is 3.44. The number of aliphatic carboxylic acids is 1. The van der Waals surface area contributed by atoms with Gasteiger partial charge in [0.15, 0.2) is 5.13 Å². The van der Waals surface area contributed by atoms with E-state index in [1.54, 1.807) is 11.3 Å². The molecule has 1 aliphatic heterocycles. The normalized spacial score (nSPS) is 24.3. The fraction of sp³-hybridized carbons (Fsp3) is 0.692. The molecule has 4 nitrogen and oxygen atoms in total. The predicted molar refractivity (Wildman–Crippen MR) is 73.4 cm³/mol. The molecule has 0 saturated carbocycles. The molecule has 5 heteroatoms. The van der Waals surface area contributed by atoms with Crippen LogP contribution in [0.4, 0.5) is 5.13 Å². The van der Waals surface area contributed by atoms with Crippen LogP contribution in [0.3, 0.4) is 0 Å². The van der Waals surface area contributed by atoms with Crippen molar-refractivity contribution in [3.63, 3.8) is 0 Å². The van der Waals surface area contributed by atoms with E-state index in [-0.39, 0.29) is 0 Å². The first kappa shape index (κ1) is 13.3. The number of nitrogens with zero attached hydrogens (tertiary/aromatic N) is 2. The average molecular weight is 268 g/mol. The number of thiazole rings is 1. The predicted octanol–water partition coefficient (Wildman–Crippen LogP) is 2.84. The summed E-state index contributed by atoms with van der Waals surface area (Å²) in [6.07, 6.45) is 2.87. The van der Waals surface area contributed by atoms with Crippen molar-refractivity contribution in [1.82, 2.24) is 4.98 Å². The molecular weight excluding hydrogens is 248 g/mol. The standard InChI is InChI=1S/C13H20N2O2S/c1-4-10-5-6-15(11(7-10)12(16)17)13-14-8(2)9(3)18-13/h10-11H,4-7H2,1-3H3,(H,16,17). The van der Waals surface area contributed by atoms with E-state index in [4.69, 9.17) is 0 Å². The third-order valence-electron chi connectivity index (χ3n) is 3.84. The molecule has 0 aromatic carbocycles. The van der Waals surface area contributed by atoms with Crippen LogP contribution in [0.1, 0.15) is 36.8 Å². The Hall–Kier alpha value is -1.10. The summed E-state index contributed by atoms with van der Waals surface area (Å²) in [5.41, 5.74) is 1.01. The minimum atomic E-state index is -0.723. The van der Waals surface area contributed by atoms with Crippen LogP contribution in [0.2, 0.25) is 0 Å². The second-order valence-electron chi connectivity index (χ2n) is 4.98. The second kappa shape index (κ2) is 5.26. The van der Waals surface area contributed by atoms with Crippen molar-refractivity contribution in [2.75, 3.05) is 11.4 Å². The maximum absolute atomic E-state index is 11.4. The van der Waals surface area contributed by atoms with Crippen LogP contribution in [-0.4, -0.2) is 28.6 Å². The van der Waals surface area contributed by atoms with E-state index in [9.17, 15) is 9.90 Å². The van der Waals surface area contributed by atoms with Crippen LogP contribution in [-0.2, 0) is 4.79 Å². The Morgan fingerprint density at radius 3 is 2.78 bits per heavy atom. The maximum atomic E-state index is 11.4. The molecule has 0 bridgehead atoms. The first-order valence-corrected chi connectivity index (χ1v) is 7.28. The number of hydrogen-bond acceptors (Lipinski definition) is 4. The van der Waals surface area contributed by atoms with Crippen LogP contribution in [0.25, 0.3) is 0 Å². The minimum Gasteiger partial charge on any atom is -0.480 e. The Balaban J connectivity index is 2.23. The number of aryl methyl sites for hydroxylation is 2. The molecule has 2 rings (SSSR count). The van der Waals surface area contributed by atoms with Gasteiger partial charge in [-0.05, 0) is 32.6 Å². The summed E-state index contributed by atoms with van der Waals surface area (Å²) >= 11 is 1.60. The number of anilines is 1. The highest BCUT2D eigenvalue weighted by molar-refractivity contribution is 7.15. The Labute approximate surface area is 112 Å². The second-order valence-corrected chi connectivity index (χ2v) is 6.17. The quantitative estimate of drug-likeness (QED) is 0.916. The lowest BCUT2D eigenvalue weighted by molar-refractivity contribution is -0.139. The van der Waals surface area contributed by atoms with Gasteiger partial charge in [0, 0.05) is 11.4 Å². The number of hydrogen-bond donors (Lipinski definition) is 1. The van der Waals surface area contributed by atoms with Gasteiger partial charge in [-0.1, -0.05) is 13.3 Å². The van der Waals surface area contributed by atoms with Crippen LogP contribution < -0.4 is 4.90 Å². The van der Waals surface area contributed by atoms with Crippen LogP contribution in [0.5, 0.6) is 0 Å². The summed E-state index contributed by atoms with van der Waals surface area (Å²) in [4.78, 5) is 19.1. The zero-order chi connectivity index (χ0) is 13.3. The summed E-state index contributed by atoms with van der Waals surface area (Å²) in [7, 11) is 0. The molecule has 1 aliphatic rings. The number of carboxylic acid groups (broad SMARTS) is 1. The lowest BCUT2D eigenvalue weighted by atomic mass is 9.89. The van der Waals surface area contributed by atoms with Crippen molar-refractivity contribution in [1.29, 1.82) is 0 Å². The van der Waals surface area contributed by atoms with Gasteiger partial charge in [0.1, 0.15) is 6.04 Å². The zero-order valence-electron chi connectivity index (χ0n) is 11.1. The van der Waals surface area contributed by atoms with Crippen molar-refractivity contribution in [2.45, 2.75) is 46.1 Å².